The van der Waals surface area contributed by atoms with E-state index in [4.69, 9.17) is 0 Å². The zero-order chi connectivity index (χ0) is 17.2. The summed E-state index contributed by atoms with van der Waals surface area (Å²) in [6.07, 6.45) is 4.60. The quantitative estimate of drug-likeness (QED) is 0.892. The van der Waals surface area contributed by atoms with Crippen molar-refractivity contribution in [2.45, 2.75) is 44.4 Å². The van der Waals surface area contributed by atoms with Crippen LogP contribution < -0.4 is 4.72 Å². The van der Waals surface area contributed by atoms with Gasteiger partial charge in [0.2, 0.25) is 10.0 Å². The van der Waals surface area contributed by atoms with Gasteiger partial charge in [-0.05, 0) is 67.0 Å². The maximum atomic E-state index is 12.9. The first-order chi connectivity index (χ1) is 11.4. The molecule has 0 amide bonds. The van der Waals surface area contributed by atoms with E-state index in [-0.39, 0.29) is 17.6 Å². The largest absolute Gasteiger partial charge is 0.216 e. The van der Waals surface area contributed by atoms with Crippen LogP contribution in [0.4, 0.5) is 4.39 Å². The van der Waals surface area contributed by atoms with Crippen LogP contribution in [-0.2, 0) is 28.6 Å². The molecule has 0 saturated heterocycles. The van der Waals surface area contributed by atoms with Gasteiger partial charge < -0.3 is 0 Å². The number of aryl methyl sites for hydroxylation is 2. The molecular weight excluding hydrogens is 325 g/mol. The van der Waals surface area contributed by atoms with Crippen molar-refractivity contribution < 1.29 is 12.8 Å². The Bertz CT molecular complexity index is 816. The Morgan fingerprint density at radius 3 is 2.42 bits per heavy atom. The van der Waals surface area contributed by atoms with E-state index in [2.05, 4.69) is 16.9 Å². The second-order valence-corrected chi connectivity index (χ2v) is 8.21. The summed E-state index contributed by atoms with van der Waals surface area (Å²) in [6, 6.07) is 11.5. The molecule has 0 heterocycles. The fourth-order valence-electron chi connectivity index (χ4n) is 3.20. The summed E-state index contributed by atoms with van der Waals surface area (Å²) in [5.41, 5.74) is 4.27. The number of hydrogen-bond donors (Lipinski definition) is 1. The molecule has 1 N–H and O–H groups in total. The van der Waals surface area contributed by atoms with Crippen molar-refractivity contribution in [2.24, 2.45) is 0 Å². The molecule has 0 spiro atoms. The fourth-order valence-corrected chi connectivity index (χ4v) is 4.59. The molecular formula is C19H22FNO2S. The molecule has 0 aliphatic heterocycles. The predicted molar refractivity (Wildman–Crippen MR) is 93.7 cm³/mol. The lowest BCUT2D eigenvalue weighted by atomic mass is 9.89. The van der Waals surface area contributed by atoms with E-state index >= 15 is 0 Å². The standard InChI is InChI=1S/C19H22FNO2S/c1-14(17-9-8-16-4-2-3-5-18(16)12-17)21-24(22,23)13-15-6-10-19(20)11-7-15/h6-12,14,21H,2-5,13H2,1H3/t14-/m0/s1. The van der Waals surface area contributed by atoms with Crippen molar-refractivity contribution in [3.63, 3.8) is 0 Å². The van der Waals surface area contributed by atoms with Gasteiger partial charge in [0.15, 0.2) is 0 Å². The molecule has 0 radical (unpaired) electrons. The molecule has 3 rings (SSSR count). The average molecular weight is 347 g/mol. The third-order valence-electron chi connectivity index (χ3n) is 4.50. The number of sulfonamides is 1. The topological polar surface area (TPSA) is 46.2 Å². The van der Waals surface area contributed by atoms with E-state index in [9.17, 15) is 12.8 Å². The van der Waals surface area contributed by atoms with Crippen LogP contribution in [0.3, 0.4) is 0 Å². The van der Waals surface area contributed by atoms with Gasteiger partial charge in [0.05, 0.1) is 5.75 Å². The smallest absolute Gasteiger partial charge is 0.212 e. The molecule has 1 aliphatic carbocycles. The maximum absolute atomic E-state index is 12.9. The van der Waals surface area contributed by atoms with Crippen LogP contribution in [0.1, 0.15) is 48.1 Å². The molecule has 128 valence electrons. The molecule has 0 aromatic heterocycles. The number of fused-ring (bicyclic) bond motifs is 1. The first-order valence-corrected chi connectivity index (χ1v) is 9.94. The highest BCUT2D eigenvalue weighted by atomic mass is 32.2. The van der Waals surface area contributed by atoms with E-state index in [1.165, 1.54) is 48.2 Å². The number of rotatable bonds is 5. The molecule has 2 aromatic rings. The zero-order valence-corrected chi connectivity index (χ0v) is 14.6. The Morgan fingerprint density at radius 2 is 1.71 bits per heavy atom. The van der Waals surface area contributed by atoms with Crippen molar-refractivity contribution in [3.05, 3.63) is 70.5 Å². The van der Waals surface area contributed by atoms with Gasteiger partial charge in [0, 0.05) is 6.04 Å². The van der Waals surface area contributed by atoms with Gasteiger partial charge in [-0.15, -0.1) is 0 Å². The van der Waals surface area contributed by atoms with Crippen molar-refractivity contribution in [1.29, 1.82) is 0 Å². The van der Waals surface area contributed by atoms with Crippen LogP contribution in [0.5, 0.6) is 0 Å². The summed E-state index contributed by atoms with van der Waals surface area (Å²) < 4.78 is 40.3. The van der Waals surface area contributed by atoms with Crippen molar-refractivity contribution in [2.75, 3.05) is 0 Å². The predicted octanol–water partition coefficient (Wildman–Crippen LogP) is 3.89. The molecule has 3 nitrogen and oxygen atoms in total. The fraction of sp³-hybridized carbons (Fsp3) is 0.368. The van der Waals surface area contributed by atoms with Crippen LogP contribution in [-0.4, -0.2) is 8.42 Å². The average Bonchev–Trinajstić information content (AvgIpc) is 2.56. The van der Waals surface area contributed by atoms with Crippen LogP contribution in [0, 0.1) is 5.82 Å². The molecule has 1 aliphatic rings. The van der Waals surface area contributed by atoms with E-state index in [1.807, 2.05) is 13.0 Å². The van der Waals surface area contributed by atoms with Gasteiger partial charge in [0.25, 0.3) is 0 Å². The summed E-state index contributed by atoms with van der Waals surface area (Å²) in [7, 11) is -3.49. The number of benzene rings is 2. The molecule has 5 heteroatoms. The zero-order valence-electron chi connectivity index (χ0n) is 13.8. The summed E-state index contributed by atoms with van der Waals surface area (Å²) in [4.78, 5) is 0. The van der Waals surface area contributed by atoms with Crippen molar-refractivity contribution in [1.82, 2.24) is 4.72 Å². The van der Waals surface area contributed by atoms with Gasteiger partial charge in [0.1, 0.15) is 5.82 Å². The second kappa shape index (κ2) is 7.03. The van der Waals surface area contributed by atoms with Crippen molar-refractivity contribution >= 4 is 10.0 Å². The Kier molecular flexibility index (Phi) is 5.01. The Labute approximate surface area is 143 Å². The van der Waals surface area contributed by atoms with Gasteiger partial charge in [-0.3, -0.25) is 0 Å². The minimum Gasteiger partial charge on any atom is -0.212 e. The van der Waals surface area contributed by atoms with Crippen LogP contribution in [0.2, 0.25) is 0 Å². The van der Waals surface area contributed by atoms with E-state index in [0.29, 0.717) is 5.56 Å². The van der Waals surface area contributed by atoms with E-state index < -0.39 is 10.0 Å². The molecule has 0 fully saturated rings. The summed E-state index contributed by atoms with van der Waals surface area (Å²) in [5.74, 6) is -0.519. The molecule has 0 bridgehead atoms. The van der Waals surface area contributed by atoms with Crippen molar-refractivity contribution in [3.8, 4) is 0 Å². The Balaban J connectivity index is 1.71. The van der Waals surface area contributed by atoms with E-state index in [0.717, 1.165) is 18.4 Å². The number of hydrogen-bond acceptors (Lipinski definition) is 2. The summed E-state index contributed by atoms with van der Waals surface area (Å²) >= 11 is 0. The van der Waals surface area contributed by atoms with Gasteiger partial charge >= 0.3 is 0 Å². The Morgan fingerprint density at radius 1 is 1.04 bits per heavy atom. The van der Waals surface area contributed by atoms with Gasteiger partial charge in [-0.1, -0.05) is 30.3 Å². The highest BCUT2D eigenvalue weighted by Gasteiger charge is 2.18. The third-order valence-corrected chi connectivity index (χ3v) is 5.92. The molecule has 24 heavy (non-hydrogen) atoms. The second-order valence-electron chi connectivity index (χ2n) is 6.46. The lowest BCUT2D eigenvalue weighted by Crippen LogP contribution is -2.28. The normalized spacial score (nSPS) is 15.8. The minimum absolute atomic E-state index is 0.150. The molecule has 2 aromatic carbocycles. The third kappa shape index (κ3) is 4.22. The number of halogens is 1. The highest BCUT2D eigenvalue weighted by Crippen LogP contribution is 2.25. The maximum Gasteiger partial charge on any atom is 0.216 e. The minimum atomic E-state index is -3.49. The van der Waals surface area contributed by atoms with E-state index in [1.54, 1.807) is 0 Å². The van der Waals surface area contributed by atoms with Crippen LogP contribution in [0.25, 0.3) is 0 Å². The van der Waals surface area contributed by atoms with Gasteiger partial charge in [-0.2, -0.15) is 0 Å². The molecule has 1 atom stereocenters. The summed E-state index contributed by atoms with van der Waals surface area (Å²) in [5, 5.41) is 0. The lowest BCUT2D eigenvalue weighted by Gasteiger charge is -2.20. The summed E-state index contributed by atoms with van der Waals surface area (Å²) in [6.45, 7) is 1.85. The molecule has 0 unspecified atom stereocenters. The SMILES string of the molecule is C[C@H](NS(=O)(=O)Cc1ccc(F)cc1)c1ccc2c(c1)CCCC2. The first kappa shape index (κ1) is 17.1. The Hall–Kier alpha value is -1.72. The lowest BCUT2D eigenvalue weighted by molar-refractivity contribution is 0.565. The number of nitrogens with one attached hydrogen (secondary N) is 1. The molecule has 0 saturated carbocycles. The van der Waals surface area contributed by atoms with Gasteiger partial charge in [-0.25, -0.2) is 17.5 Å². The highest BCUT2D eigenvalue weighted by molar-refractivity contribution is 7.88. The first-order valence-electron chi connectivity index (χ1n) is 8.29. The van der Waals surface area contributed by atoms with Crippen LogP contribution >= 0.6 is 0 Å². The monoisotopic (exact) mass is 347 g/mol. The van der Waals surface area contributed by atoms with Crippen LogP contribution in [0.15, 0.2) is 42.5 Å².